The van der Waals surface area contributed by atoms with Crippen LogP contribution >= 0.6 is 0 Å². The molecule has 1 saturated heterocycles. The number of hydrogen-bond donors (Lipinski definition) is 0. The van der Waals surface area contributed by atoms with Crippen molar-refractivity contribution in [1.29, 1.82) is 5.26 Å². The maximum Gasteiger partial charge on any atom is 0.176 e. The number of Topliss-reactive ketones (excluding diaryl/α,β-unsaturated/α-hetero) is 1. The van der Waals surface area contributed by atoms with Gasteiger partial charge in [-0.1, -0.05) is 12.1 Å². The third kappa shape index (κ3) is 3.63. The second-order valence-corrected chi connectivity index (χ2v) is 4.85. The average molecular weight is 258 g/mol. The first-order chi connectivity index (χ1) is 9.22. The molecule has 1 unspecified atom stereocenters. The number of likely N-dealkylation sites (tertiary alicyclic amines) is 1. The summed E-state index contributed by atoms with van der Waals surface area (Å²) in [4.78, 5) is 14.3. The highest BCUT2D eigenvalue weighted by Gasteiger charge is 2.21. The minimum absolute atomic E-state index is 0.0984. The number of carbonyl (C=O) groups excluding carboxylic acids is 1. The van der Waals surface area contributed by atoms with Crippen LogP contribution in [0, 0.1) is 11.3 Å². The molecule has 0 aliphatic carbocycles. The SMILES string of the molecule is COC1CCCN(CC(=O)c2ccc(C#N)cc2)C1. The molecule has 4 heteroatoms. The van der Waals surface area contributed by atoms with Gasteiger partial charge in [0.2, 0.25) is 0 Å². The first-order valence-corrected chi connectivity index (χ1v) is 6.51. The van der Waals surface area contributed by atoms with Crippen molar-refractivity contribution >= 4 is 5.78 Å². The van der Waals surface area contributed by atoms with Gasteiger partial charge in [0, 0.05) is 19.2 Å². The summed E-state index contributed by atoms with van der Waals surface area (Å²) in [6.07, 6.45) is 2.37. The zero-order valence-corrected chi connectivity index (χ0v) is 11.1. The summed E-state index contributed by atoms with van der Waals surface area (Å²) in [6, 6.07) is 8.86. The number of methoxy groups -OCH3 is 1. The predicted octanol–water partition coefficient (Wildman–Crippen LogP) is 1.85. The van der Waals surface area contributed by atoms with Crippen molar-refractivity contribution in [3.63, 3.8) is 0 Å². The van der Waals surface area contributed by atoms with Crippen LogP contribution in [0.5, 0.6) is 0 Å². The lowest BCUT2D eigenvalue weighted by Gasteiger charge is -2.31. The molecule has 0 N–H and O–H groups in total. The van der Waals surface area contributed by atoms with Gasteiger partial charge in [-0.05, 0) is 31.5 Å². The van der Waals surface area contributed by atoms with E-state index in [1.807, 2.05) is 6.07 Å². The molecule has 0 bridgehead atoms. The fourth-order valence-corrected chi connectivity index (χ4v) is 2.37. The van der Waals surface area contributed by atoms with E-state index in [-0.39, 0.29) is 11.9 Å². The Bertz CT molecular complexity index is 476. The number of nitriles is 1. The highest BCUT2D eigenvalue weighted by molar-refractivity contribution is 5.97. The molecule has 100 valence electrons. The molecule has 4 nitrogen and oxygen atoms in total. The molecule has 0 amide bonds. The van der Waals surface area contributed by atoms with E-state index in [0.717, 1.165) is 25.9 Å². The summed E-state index contributed by atoms with van der Waals surface area (Å²) in [5, 5.41) is 8.73. The Morgan fingerprint density at radius 3 is 2.84 bits per heavy atom. The summed E-state index contributed by atoms with van der Waals surface area (Å²) >= 11 is 0. The number of piperidine rings is 1. The van der Waals surface area contributed by atoms with E-state index in [0.29, 0.717) is 17.7 Å². The number of carbonyl (C=O) groups is 1. The van der Waals surface area contributed by atoms with Crippen LogP contribution < -0.4 is 0 Å². The smallest absolute Gasteiger partial charge is 0.176 e. The van der Waals surface area contributed by atoms with Crippen molar-refractivity contribution in [3.05, 3.63) is 35.4 Å². The van der Waals surface area contributed by atoms with E-state index in [1.54, 1.807) is 31.4 Å². The van der Waals surface area contributed by atoms with Gasteiger partial charge < -0.3 is 4.74 Å². The number of ketones is 1. The molecular weight excluding hydrogens is 240 g/mol. The van der Waals surface area contributed by atoms with Gasteiger partial charge in [0.1, 0.15) is 0 Å². The third-order valence-corrected chi connectivity index (χ3v) is 3.50. The van der Waals surface area contributed by atoms with Crippen molar-refractivity contribution in [2.45, 2.75) is 18.9 Å². The highest BCUT2D eigenvalue weighted by Crippen LogP contribution is 2.13. The molecule has 19 heavy (non-hydrogen) atoms. The van der Waals surface area contributed by atoms with Gasteiger partial charge in [-0.15, -0.1) is 0 Å². The second kappa shape index (κ2) is 6.46. The van der Waals surface area contributed by atoms with Crippen LogP contribution in [0.4, 0.5) is 0 Å². The van der Waals surface area contributed by atoms with E-state index in [4.69, 9.17) is 10.00 Å². The van der Waals surface area contributed by atoms with E-state index in [2.05, 4.69) is 4.90 Å². The maximum atomic E-state index is 12.1. The zero-order chi connectivity index (χ0) is 13.7. The van der Waals surface area contributed by atoms with E-state index in [9.17, 15) is 4.79 Å². The first kappa shape index (κ1) is 13.7. The Balaban J connectivity index is 1.94. The van der Waals surface area contributed by atoms with Crippen LogP contribution in [-0.2, 0) is 4.74 Å². The lowest BCUT2D eigenvalue weighted by Crippen LogP contribution is -2.41. The van der Waals surface area contributed by atoms with Gasteiger partial charge in [-0.2, -0.15) is 5.26 Å². The topological polar surface area (TPSA) is 53.3 Å². The van der Waals surface area contributed by atoms with E-state index < -0.39 is 0 Å². The number of benzene rings is 1. The molecule has 0 radical (unpaired) electrons. The lowest BCUT2D eigenvalue weighted by molar-refractivity contribution is 0.0314. The Morgan fingerprint density at radius 2 is 2.21 bits per heavy atom. The molecule has 1 aliphatic rings. The van der Waals surface area contributed by atoms with Gasteiger partial charge in [-0.3, -0.25) is 9.69 Å². The minimum Gasteiger partial charge on any atom is -0.380 e. The molecule has 0 spiro atoms. The molecule has 0 saturated carbocycles. The third-order valence-electron chi connectivity index (χ3n) is 3.50. The van der Waals surface area contributed by atoms with E-state index >= 15 is 0 Å². The van der Waals surface area contributed by atoms with Crippen LogP contribution in [0.2, 0.25) is 0 Å². The van der Waals surface area contributed by atoms with Crippen molar-refractivity contribution in [2.24, 2.45) is 0 Å². The molecule has 1 atom stereocenters. The molecule has 1 heterocycles. The van der Waals surface area contributed by atoms with Crippen LogP contribution in [-0.4, -0.2) is 43.5 Å². The summed E-state index contributed by atoms with van der Waals surface area (Å²) in [7, 11) is 1.72. The molecule has 1 aromatic carbocycles. The lowest BCUT2D eigenvalue weighted by atomic mass is 10.1. The van der Waals surface area contributed by atoms with Crippen molar-refractivity contribution in [3.8, 4) is 6.07 Å². The molecule has 2 rings (SSSR count). The van der Waals surface area contributed by atoms with Gasteiger partial charge in [0.25, 0.3) is 0 Å². The second-order valence-electron chi connectivity index (χ2n) is 4.85. The molecular formula is C15H18N2O2. The van der Waals surface area contributed by atoms with Crippen molar-refractivity contribution in [2.75, 3.05) is 26.7 Å². The number of rotatable bonds is 4. The van der Waals surface area contributed by atoms with Gasteiger partial charge in [-0.25, -0.2) is 0 Å². The fraction of sp³-hybridized carbons (Fsp3) is 0.467. The Kier molecular flexibility index (Phi) is 4.67. The highest BCUT2D eigenvalue weighted by atomic mass is 16.5. The molecule has 0 aromatic heterocycles. The minimum atomic E-state index is 0.0984. The van der Waals surface area contributed by atoms with E-state index in [1.165, 1.54) is 0 Å². The van der Waals surface area contributed by atoms with Gasteiger partial charge in [0.05, 0.1) is 24.3 Å². The van der Waals surface area contributed by atoms with Gasteiger partial charge >= 0.3 is 0 Å². The zero-order valence-electron chi connectivity index (χ0n) is 11.1. The fourth-order valence-electron chi connectivity index (χ4n) is 2.37. The van der Waals surface area contributed by atoms with Crippen LogP contribution in [0.3, 0.4) is 0 Å². The van der Waals surface area contributed by atoms with Crippen LogP contribution in [0.25, 0.3) is 0 Å². The average Bonchev–Trinajstić information content (AvgIpc) is 2.47. The summed E-state index contributed by atoms with van der Waals surface area (Å²) in [6.45, 7) is 2.19. The van der Waals surface area contributed by atoms with Gasteiger partial charge in [0.15, 0.2) is 5.78 Å². The Labute approximate surface area is 113 Å². The largest absolute Gasteiger partial charge is 0.380 e. The Morgan fingerprint density at radius 1 is 1.47 bits per heavy atom. The number of hydrogen-bond acceptors (Lipinski definition) is 4. The molecule has 1 fully saturated rings. The molecule has 1 aromatic rings. The predicted molar refractivity (Wildman–Crippen MR) is 72.0 cm³/mol. The summed E-state index contributed by atoms with van der Waals surface area (Å²) < 4.78 is 5.35. The Hall–Kier alpha value is -1.70. The molecule has 1 aliphatic heterocycles. The summed E-state index contributed by atoms with van der Waals surface area (Å²) in [5.41, 5.74) is 1.24. The summed E-state index contributed by atoms with van der Waals surface area (Å²) in [5.74, 6) is 0.0984. The van der Waals surface area contributed by atoms with Crippen LogP contribution in [0.15, 0.2) is 24.3 Å². The number of ether oxygens (including phenoxy) is 1. The monoisotopic (exact) mass is 258 g/mol. The standard InChI is InChI=1S/C15H18N2O2/c1-19-14-3-2-8-17(10-14)11-15(18)13-6-4-12(9-16)5-7-13/h4-7,14H,2-3,8,10-11H2,1H3. The normalized spacial score (nSPS) is 19.9. The quantitative estimate of drug-likeness (QED) is 0.773. The number of nitrogens with zero attached hydrogens (tertiary/aromatic N) is 2. The van der Waals surface area contributed by atoms with Crippen molar-refractivity contribution < 1.29 is 9.53 Å². The van der Waals surface area contributed by atoms with Crippen molar-refractivity contribution in [1.82, 2.24) is 4.90 Å². The maximum absolute atomic E-state index is 12.1. The van der Waals surface area contributed by atoms with Crippen LogP contribution in [0.1, 0.15) is 28.8 Å². The first-order valence-electron chi connectivity index (χ1n) is 6.51.